The summed E-state index contributed by atoms with van der Waals surface area (Å²) in [4.78, 5) is 10.8. The molecule has 2 saturated heterocycles. The minimum atomic E-state index is -0.700. The highest BCUT2D eigenvalue weighted by Crippen LogP contribution is 2.15. The van der Waals surface area contributed by atoms with Crippen molar-refractivity contribution in [2.24, 2.45) is 11.7 Å². The highest BCUT2D eigenvalue weighted by molar-refractivity contribution is 5.85. The summed E-state index contributed by atoms with van der Waals surface area (Å²) in [5.41, 5.74) is 4.42. The van der Waals surface area contributed by atoms with Gasteiger partial charge >= 0.3 is 0 Å². The van der Waals surface area contributed by atoms with Crippen LogP contribution in [0.3, 0.4) is 0 Å². The normalized spacial score (nSPS) is 23.7. The number of carbonyl (C=O) groups is 1. The Morgan fingerprint density at radius 1 is 1.44 bits per heavy atom. The van der Waals surface area contributed by atoms with Crippen LogP contribution in [0.25, 0.3) is 0 Å². The first kappa shape index (κ1) is 16.9. The molecule has 5 heteroatoms. The van der Waals surface area contributed by atoms with Crippen molar-refractivity contribution in [1.29, 1.82) is 0 Å². The lowest BCUT2D eigenvalue weighted by molar-refractivity contribution is -0.150. The van der Waals surface area contributed by atoms with E-state index in [9.17, 15) is 4.79 Å². The number of primary amides is 1. The number of amides is 1. The number of nitrogens with one attached hydrogen (secondary N) is 2. The fraction of sp³-hybridized carbons (Fsp3) is 0.769. The Balaban J connectivity index is 0.000000308. The molecule has 0 radical (unpaired) electrons. The van der Waals surface area contributed by atoms with Crippen molar-refractivity contribution < 1.29 is 9.53 Å². The molecule has 2 fully saturated rings. The van der Waals surface area contributed by atoms with Crippen molar-refractivity contribution in [2.45, 2.75) is 25.9 Å². The van der Waals surface area contributed by atoms with Crippen molar-refractivity contribution in [3.8, 4) is 12.8 Å². The Morgan fingerprint density at radius 3 is 2.17 bits per heavy atom. The zero-order valence-electron chi connectivity index (χ0n) is 11.4. The lowest BCUT2D eigenvalue weighted by atomic mass is 9.96. The fourth-order valence-corrected chi connectivity index (χ4v) is 1.77. The molecule has 1 atom stereocenters. The van der Waals surface area contributed by atoms with E-state index in [2.05, 4.69) is 30.4 Å². The lowest BCUT2D eigenvalue weighted by Crippen LogP contribution is -2.67. The second kappa shape index (κ2) is 8.92. The monoisotopic (exact) mass is 255 g/mol. The topological polar surface area (TPSA) is 76.4 Å². The summed E-state index contributed by atoms with van der Waals surface area (Å²) < 4.78 is 5.19. The molecule has 4 N–H and O–H groups in total. The Hall–Kier alpha value is -1.09. The maximum absolute atomic E-state index is 10.8. The minimum Gasteiger partial charge on any atom is -0.367 e. The van der Waals surface area contributed by atoms with E-state index in [1.165, 1.54) is 19.5 Å². The fourth-order valence-electron chi connectivity index (χ4n) is 1.77. The van der Waals surface area contributed by atoms with Gasteiger partial charge in [-0.05, 0) is 32.4 Å². The van der Waals surface area contributed by atoms with Gasteiger partial charge in [0.2, 0.25) is 0 Å². The number of rotatable bonds is 3. The highest BCUT2D eigenvalue weighted by Gasteiger charge is 2.43. The number of terminal acetylenes is 1. The Labute approximate surface area is 110 Å². The molecule has 0 bridgehead atoms. The van der Waals surface area contributed by atoms with Crippen molar-refractivity contribution in [3.63, 3.8) is 0 Å². The van der Waals surface area contributed by atoms with E-state index in [4.69, 9.17) is 10.5 Å². The molecule has 2 aliphatic heterocycles. The van der Waals surface area contributed by atoms with E-state index in [-0.39, 0.29) is 5.91 Å². The average Bonchev–Trinajstić information content (AvgIpc) is 2.78. The summed E-state index contributed by atoms with van der Waals surface area (Å²) in [6.45, 7) is 8.24. The van der Waals surface area contributed by atoms with Gasteiger partial charge in [-0.3, -0.25) is 4.79 Å². The Morgan fingerprint density at radius 2 is 2.06 bits per heavy atom. The SMILES string of the molecule is C#C.CCOC1(C(N)=O)CNC1.C[C@H]1CCNC1. The summed E-state index contributed by atoms with van der Waals surface area (Å²) in [6, 6.07) is 0. The van der Waals surface area contributed by atoms with E-state index in [1.54, 1.807) is 0 Å². The lowest BCUT2D eigenvalue weighted by Gasteiger charge is -2.38. The average molecular weight is 255 g/mol. The third-order valence-electron chi connectivity index (χ3n) is 3.00. The van der Waals surface area contributed by atoms with Crippen LogP contribution in [-0.4, -0.2) is 44.3 Å². The second-order valence-electron chi connectivity index (χ2n) is 4.49. The van der Waals surface area contributed by atoms with Gasteiger partial charge in [0.15, 0.2) is 5.60 Å². The first-order chi connectivity index (χ1) is 8.60. The zero-order valence-corrected chi connectivity index (χ0v) is 11.4. The van der Waals surface area contributed by atoms with Crippen molar-refractivity contribution in [3.05, 3.63) is 0 Å². The van der Waals surface area contributed by atoms with Crippen LogP contribution in [0, 0.1) is 18.8 Å². The molecule has 2 heterocycles. The quantitative estimate of drug-likeness (QED) is 0.606. The van der Waals surface area contributed by atoms with Gasteiger partial charge in [0, 0.05) is 19.7 Å². The van der Waals surface area contributed by atoms with Crippen LogP contribution in [-0.2, 0) is 9.53 Å². The van der Waals surface area contributed by atoms with Gasteiger partial charge in [0.1, 0.15) is 0 Å². The molecule has 0 saturated carbocycles. The van der Waals surface area contributed by atoms with Crippen molar-refractivity contribution in [2.75, 3.05) is 32.8 Å². The van der Waals surface area contributed by atoms with E-state index >= 15 is 0 Å². The third-order valence-corrected chi connectivity index (χ3v) is 3.00. The van der Waals surface area contributed by atoms with Gasteiger partial charge in [0.05, 0.1) is 0 Å². The number of nitrogens with two attached hydrogens (primary N) is 1. The standard InChI is InChI=1S/C6H12N2O2.C5H11N.C2H2/c1-2-10-6(5(7)9)3-8-4-6;1-5-2-3-6-4-5;1-2/h8H,2-4H2,1H3,(H2,7,9);5-6H,2-4H2,1H3;1-2H/t;5-;/m.0./s1. The largest absolute Gasteiger partial charge is 0.367 e. The smallest absolute Gasteiger partial charge is 0.252 e. The van der Waals surface area contributed by atoms with Crippen molar-refractivity contribution in [1.82, 2.24) is 10.6 Å². The number of hydrogen-bond donors (Lipinski definition) is 3. The van der Waals surface area contributed by atoms with Crippen LogP contribution in [0.2, 0.25) is 0 Å². The van der Waals surface area contributed by atoms with Crippen LogP contribution in [0.4, 0.5) is 0 Å². The molecule has 2 aliphatic rings. The molecule has 0 aliphatic carbocycles. The molecule has 18 heavy (non-hydrogen) atoms. The van der Waals surface area contributed by atoms with Crippen LogP contribution in [0.15, 0.2) is 0 Å². The molecule has 1 amide bonds. The maximum Gasteiger partial charge on any atom is 0.252 e. The molecule has 0 aromatic heterocycles. The molecule has 0 unspecified atom stereocenters. The molecular weight excluding hydrogens is 230 g/mol. The molecule has 5 nitrogen and oxygen atoms in total. The van der Waals surface area contributed by atoms with E-state index in [0.29, 0.717) is 19.7 Å². The predicted octanol–water partition coefficient (Wildman–Crippen LogP) is -0.285. The Bertz CT molecular complexity index is 256. The van der Waals surface area contributed by atoms with Crippen LogP contribution in [0.5, 0.6) is 0 Å². The molecule has 2 rings (SSSR count). The number of hydrogen-bond acceptors (Lipinski definition) is 4. The highest BCUT2D eigenvalue weighted by atomic mass is 16.5. The second-order valence-corrected chi connectivity index (χ2v) is 4.49. The summed E-state index contributed by atoms with van der Waals surface area (Å²) in [5.74, 6) is 0.568. The molecule has 104 valence electrons. The van der Waals surface area contributed by atoms with E-state index in [0.717, 1.165) is 5.92 Å². The summed E-state index contributed by atoms with van der Waals surface area (Å²) in [6.07, 6.45) is 9.38. The van der Waals surface area contributed by atoms with Crippen LogP contribution >= 0.6 is 0 Å². The maximum atomic E-state index is 10.8. The van der Waals surface area contributed by atoms with Gasteiger partial charge in [-0.25, -0.2) is 0 Å². The van der Waals surface area contributed by atoms with Gasteiger partial charge in [-0.15, -0.1) is 12.8 Å². The van der Waals surface area contributed by atoms with Gasteiger partial charge in [0.25, 0.3) is 5.91 Å². The third kappa shape index (κ3) is 5.05. The summed E-state index contributed by atoms with van der Waals surface area (Å²) in [7, 11) is 0. The summed E-state index contributed by atoms with van der Waals surface area (Å²) >= 11 is 0. The molecule has 0 aromatic rings. The Kier molecular flexibility index (Phi) is 8.38. The van der Waals surface area contributed by atoms with E-state index in [1.807, 2.05) is 6.92 Å². The first-order valence-electron chi connectivity index (χ1n) is 6.29. The van der Waals surface area contributed by atoms with Crippen LogP contribution in [0.1, 0.15) is 20.3 Å². The molecule has 0 spiro atoms. The van der Waals surface area contributed by atoms with Gasteiger partial charge in [-0.1, -0.05) is 6.92 Å². The van der Waals surface area contributed by atoms with Crippen molar-refractivity contribution >= 4 is 5.91 Å². The molecular formula is C13H25N3O2. The van der Waals surface area contributed by atoms with E-state index < -0.39 is 5.60 Å². The predicted molar refractivity (Wildman–Crippen MR) is 73.0 cm³/mol. The molecule has 0 aromatic carbocycles. The first-order valence-corrected chi connectivity index (χ1v) is 6.29. The van der Waals surface area contributed by atoms with Gasteiger partial charge < -0.3 is 21.1 Å². The minimum absolute atomic E-state index is 0.367. The number of carbonyl (C=O) groups excluding carboxylic acids is 1. The van der Waals surface area contributed by atoms with Gasteiger partial charge in [-0.2, -0.15) is 0 Å². The zero-order chi connectivity index (χ0) is 14.0. The number of ether oxygens (including phenoxy) is 1. The summed E-state index contributed by atoms with van der Waals surface area (Å²) in [5, 5.41) is 6.21. The van der Waals surface area contributed by atoms with Crippen LogP contribution < -0.4 is 16.4 Å².